The summed E-state index contributed by atoms with van der Waals surface area (Å²) >= 11 is 0. The Kier molecular flexibility index (Phi) is 5.68. The number of aromatic nitrogens is 1. The van der Waals surface area contributed by atoms with Crippen molar-refractivity contribution in [1.29, 1.82) is 0 Å². The van der Waals surface area contributed by atoms with Gasteiger partial charge in [0, 0.05) is 29.3 Å². The van der Waals surface area contributed by atoms with Crippen LogP contribution in [0.1, 0.15) is 40.7 Å². The second-order valence-electron chi connectivity index (χ2n) is 8.70. The second kappa shape index (κ2) is 8.79. The Hall–Kier alpha value is -3.51. The number of hydrogen-bond acceptors (Lipinski definition) is 4. The molecule has 2 aliphatic rings. The van der Waals surface area contributed by atoms with Crippen molar-refractivity contribution in [3.63, 3.8) is 0 Å². The van der Waals surface area contributed by atoms with Crippen LogP contribution < -0.4 is 16.4 Å². The average molecular weight is 443 g/mol. The van der Waals surface area contributed by atoms with Gasteiger partial charge in [-0.05, 0) is 72.7 Å². The number of allylic oxidation sites excluding steroid dienone is 1. The second-order valence-corrected chi connectivity index (χ2v) is 8.70. The lowest BCUT2D eigenvalue weighted by molar-refractivity contribution is 0.0946. The third-order valence-electron chi connectivity index (χ3n) is 6.73. The number of anilines is 1. The van der Waals surface area contributed by atoms with E-state index >= 15 is 0 Å². The first-order valence-electron chi connectivity index (χ1n) is 11.4. The first-order chi connectivity index (χ1) is 16.0. The van der Waals surface area contributed by atoms with Crippen molar-refractivity contribution in [2.75, 3.05) is 19.3 Å². The molecular weight excluding hydrogens is 415 g/mol. The Bertz CT molecular complexity index is 1250. The average Bonchev–Trinajstić information content (AvgIpc) is 2.84. The number of nitrogens with zero attached hydrogens (tertiary/aromatic N) is 1. The fourth-order valence-electron chi connectivity index (χ4n) is 4.76. The van der Waals surface area contributed by atoms with Crippen molar-refractivity contribution in [3.05, 3.63) is 77.2 Å². The van der Waals surface area contributed by atoms with Gasteiger partial charge in [0.05, 0.1) is 0 Å². The van der Waals surface area contributed by atoms with E-state index in [1.807, 2.05) is 43.4 Å². The van der Waals surface area contributed by atoms with E-state index in [4.69, 9.17) is 5.73 Å². The van der Waals surface area contributed by atoms with Crippen LogP contribution in [0.15, 0.2) is 54.6 Å². The van der Waals surface area contributed by atoms with E-state index in [1.165, 1.54) is 11.1 Å². The van der Waals surface area contributed by atoms with Crippen molar-refractivity contribution in [2.45, 2.75) is 31.7 Å². The summed E-state index contributed by atoms with van der Waals surface area (Å²) in [6.07, 6.45) is 6.22. The molecule has 1 aromatic heterocycles. The van der Waals surface area contributed by atoms with Gasteiger partial charge in [0.1, 0.15) is 5.82 Å². The molecule has 1 unspecified atom stereocenters. The van der Waals surface area contributed by atoms with Gasteiger partial charge in [-0.25, -0.2) is 4.98 Å². The summed E-state index contributed by atoms with van der Waals surface area (Å²) in [5.41, 5.74) is 12.9. The maximum absolute atomic E-state index is 14.8. The first kappa shape index (κ1) is 21.3. The molecule has 0 radical (unpaired) electrons. The van der Waals surface area contributed by atoms with Crippen LogP contribution in [0.3, 0.4) is 0 Å². The largest absolute Gasteiger partial charge is 0.383 e. The number of fused-ring (bicyclic) bond motifs is 1. The maximum Gasteiger partial charge on any atom is 0.251 e. The summed E-state index contributed by atoms with van der Waals surface area (Å²) in [6.45, 7) is 0.607. The number of amides is 1. The number of nitrogens with two attached hydrogens (primary N) is 1. The highest BCUT2D eigenvalue weighted by Crippen LogP contribution is 2.34. The molecule has 1 atom stereocenters. The molecule has 6 heteroatoms. The summed E-state index contributed by atoms with van der Waals surface area (Å²) in [7, 11) is 2.00. The van der Waals surface area contributed by atoms with E-state index < -0.39 is 5.95 Å². The third-order valence-corrected chi connectivity index (χ3v) is 6.73. The van der Waals surface area contributed by atoms with E-state index in [1.54, 1.807) is 12.1 Å². The van der Waals surface area contributed by atoms with Crippen molar-refractivity contribution in [1.82, 2.24) is 15.6 Å². The van der Waals surface area contributed by atoms with Gasteiger partial charge < -0.3 is 16.4 Å². The maximum atomic E-state index is 14.8. The zero-order chi connectivity index (χ0) is 22.9. The molecule has 2 heterocycles. The molecule has 3 aromatic rings. The minimum Gasteiger partial charge on any atom is -0.383 e. The summed E-state index contributed by atoms with van der Waals surface area (Å²) in [5, 5.41) is 6.18. The van der Waals surface area contributed by atoms with Crippen LogP contribution in [-0.2, 0) is 6.42 Å². The number of hydrogen-bond donors (Lipinski definition) is 3. The van der Waals surface area contributed by atoms with Crippen molar-refractivity contribution < 1.29 is 9.18 Å². The molecule has 1 amide bonds. The third kappa shape index (κ3) is 4.14. The van der Waals surface area contributed by atoms with Crippen LogP contribution in [0.5, 0.6) is 0 Å². The van der Waals surface area contributed by atoms with Gasteiger partial charge in [0.15, 0.2) is 0 Å². The Labute approximate surface area is 192 Å². The topological polar surface area (TPSA) is 80.0 Å². The molecule has 4 N–H and O–H groups in total. The monoisotopic (exact) mass is 442 g/mol. The number of carbonyl (C=O) groups is 1. The van der Waals surface area contributed by atoms with E-state index in [-0.39, 0.29) is 11.7 Å². The molecule has 2 aromatic carbocycles. The smallest absolute Gasteiger partial charge is 0.251 e. The summed E-state index contributed by atoms with van der Waals surface area (Å²) in [5.74, 6) is -0.516. The number of halogens is 1. The molecule has 0 bridgehead atoms. The fourth-order valence-corrected chi connectivity index (χ4v) is 4.76. The van der Waals surface area contributed by atoms with Crippen LogP contribution in [0, 0.1) is 5.95 Å². The quantitative estimate of drug-likeness (QED) is 0.517. The standard InChI is InChI=1S/C27H27FN4O/c1-30-21-9-6-17(7-10-21)16-2-4-18(5-3-16)23-15-24(26(29)32-25(23)28)19-8-11-22-20(14-19)12-13-31-27(22)33/h2-6,8,11,14-15,21,30H,7,9-10,12-13H2,1H3,(H2,29,32)(H,31,33). The minimum absolute atomic E-state index is 0.0664. The normalized spacial score (nSPS) is 17.8. The van der Waals surface area contributed by atoms with Crippen LogP contribution in [0.2, 0.25) is 0 Å². The van der Waals surface area contributed by atoms with Gasteiger partial charge in [-0.15, -0.1) is 0 Å². The summed E-state index contributed by atoms with van der Waals surface area (Å²) in [6, 6.07) is 15.9. The Balaban J connectivity index is 1.47. The summed E-state index contributed by atoms with van der Waals surface area (Å²) in [4.78, 5) is 16.0. The number of nitrogens with one attached hydrogen (secondary N) is 2. The van der Waals surface area contributed by atoms with Crippen LogP contribution in [-0.4, -0.2) is 30.5 Å². The lowest BCUT2D eigenvalue weighted by Gasteiger charge is -2.21. The molecule has 168 valence electrons. The molecule has 0 fully saturated rings. The Morgan fingerprint density at radius 3 is 2.48 bits per heavy atom. The van der Waals surface area contributed by atoms with Crippen LogP contribution >= 0.6 is 0 Å². The van der Waals surface area contributed by atoms with Crippen molar-refractivity contribution in [2.24, 2.45) is 0 Å². The molecule has 0 saturated heterocycles. The van der Waals surface area contributed by atoms with Crippen molar-refractivity contribution in [3.8, 4) is 22.3 Å². The van der Waals surface area contributed by atoms with Crippen LogP contribution in [0.25, 0.3) is 27.8 Å². The van der Waals surface area contributed by atoms with E-state index in [0.29, 0.717) is 29.3 Å². The predicted molar refractivity (Wildman–Crippen MR) is 130 cm³/mol. The lowest BCUT2D eigenvalue weighted by atomic mass is 9.90. The SMILES string of the molecule is CNC1CC=C(c2ccc(-c3cc(-c4ccc5c(c4)CCNC5=O)c(N)nc3F)cc2)CC1. The van der Waals surface area contributed by atoms with E-state index in [0.717, 1.165) is 42.4 Å². The number of carbonyl (C=O) groups excluding carboxylic acids is 1. The molecule has 5 rings (SSSR count). The highest BCUT2D eigenvalue weighted by Gasteiger charge is 2.19. The van der Waals surface area contributed by atoms with Gasteiger partial charge >= 0.3 is 0 Å². The van der Waals surface area contributed by atoms with E-state index in [9.17, 15) is 9.18 Å². The molecule has 33 heavy (non-hydrogen) atoms. The molecule has 0 saturated carbocycles. The zero-order valence-electron chi connectivity index (χ0n) is 18.6. The van der Waals surface area contributed by atoms with Gasteiger partial charge in [-0.3, -0.25) is 4.79 Å². The predicted octanol–water partition coefficient (Wildman–Crippen LogP) is 4.58. The molecule has 0 spiro atoms. The number of pyridine rings is 1. The highest BCUT2D eigenvalue weighted by molar-refractivity contribution is 5.97. The fraction of sp³-hybridized carbons (Fsp3) is 0.259. The number of nitrogen functional groups attached to an aromatic ring is 1. The first-order valence-corrected chi connectivity index (χ1v) is 11.4. The highest BCUT2D eigenvalue weighted by atomic mass is 19.1. The number of rotatable bonds is 4. The number of benzene rings is 2. The van der Waals surface area contributed by atoms with Gasteiger partial charge in [-0.2, -0.15) is 4.39 Å². The lowest BCUT2D eigenvalue weighted by Crippen LogP contribution is -2.31. The van der Waals surface area contributed by atoms with Gasteiger partial charge in [0.25, 0.3) is 5.91 Å². The molecule has 1 aliphatic carbocycles. The summed E-state index contributed by atoms with van der Waals surface area (Å²) < 4.78 is 14.8. The Morgan fingerprint density at radius 2 is 1.76 bits per heavy atom. The molecule has 5 nitrogen and oxygen atoms in total. The minimum atomic E-state index is -0.588. The van der Waals surface area contributed by atoms with E-state index in [2.05, 4.69) is 21.7 Å². The van der Waals surface area contributed by atoms with Gasteiger partial charge in [0.2, 0.25) is 5.95 Å². The molecular formula is C27H27FN4O. The Morgan fingerprint density at radius 1 is 1.00 bits per heavy atom. The zero-order valence-corrected chi connectivity index (χ0v) is 18.6. The van der Waals surface area contributed by atoms with Gasteiger partial charge in [-0.1, -0.05) is 42.5 Å². The molecule has 1 aliphatic heterocycles. The van der Waals surface area contributed by atoms with Crippen molar-refractivity contribution >= 4 is 17.3 Å². The van der Waals surface area contributed by atoms with Crippen LogP contribution in [0.4, 0.5) is 10.2 Å².